The van der Waals surface area contributed by atoms with Crippen LogP contribution in [0.3, 0.4) is 0 Å². The highest BCUT2D eigenvalue weighted by Crippen LogP contribution is 2.30. The predicted molar refractivity (Wildman–Crippen MR) is 67.0 cm³/mol. The SMILES string of the molecule is CCC1CCC(N2CCNCC2C(=O)O)CC1. The highest BCUT2D eigenvalue weighted by Gasteiger charge is 2.34. The number of rotatable bonds is 3. The lowest BCUT2D eigenvalue weighted by atomic mass is 9.83. The first-order chi connectivity index (χ1) is 8.22. The van der Waals surface area contributed by atoms with Gasteiger partial charge in [-0.05, 0) is 31.6 Å². The van der Waals surface area contributed by atoms with Crippen molar-refractivity contribution >= 4 is 5.97 Å². The molecular formula is C13H24N2O2. The van der Waals surface area contributed by atoms with Gasteiger partial charge in [-0.15, -0.1) is 0 Å². The number of carbonyl (C=O) groups is 1. The predicted octanol–water partition coefficient (Wildman–Crippen LogP) is 1.31. The lowest BCUT2D eigenvalue weighted by Gasteiger charge is -2.42. The van der Waals surface area contributed by atoms with Gasteiger partial charge in [-0.3, -0.25) is 9.69 Å². The summed E-state index contributed by atoms with van der Waals surface area (Å²) in [5.41, 5.74) is 0. The topological polar surface area (TPSA) is 52.6 Å². The normalized spacial score (nSPS) is 35.7. The van der Waals surface area contributed by atoms with Crippen molar-refractivity contribution in [3.8, 4) is 0 Å². The number of nitrogens with zero attached hydrogens (tertiary/aromatic N) is 1. The average molecular weight is 240 g/mol. The first kappa shape index (κ1) is 12.8. The van der Waals surface area contributed by atoms with Crippen LogP contribution >= 0.6 is 0 Å². The number of carboxylic acid groups (broad SMARTS) is 1. The summed E-state index contributed by atoms with van der Waals surface area (Å²) in [6.45, 7) is 4.68. The summed E-state index contributed by atoms with van der Waals surface area (Å²) >= 11 is 0. The molecule has 1 unspecified atom stereocenters. The van der Waals surface area contributed by atoms with E-state index in [1.807, 2.05) is 0 Å². The molecule has 4 heteroatoms. The van der Waals surface area contributed by atoms with Crippen molar-refractivity contribution in [1.29, 1.82) is 0 Å². The zero-order valence-electron chi connectivity index (χ0n) is 10.7. The standard InChI is InChI=1S/C13H24N2O2/c1-2-10-3-5-11(6-4-10)15-8-7-14-9-12(15)13(16)17/h10-12,14H,2-9H2,1H3,(H,16,17). The third kappa shape index (κ3) is 2.99. The third-order valence-corrected chi connectivity index (χ3v) is 4.43. The minimum Gasteiger partial charge on any atom is -0.480 e. The summed E-state index contributed by atoms with van der Waals surface area (Å²) < 4.78 is 0. The molecule has 0 amide bonds. The Morgan fingerprint density at radius 2 is 2.06 bits per heavy atom. The molecule has 1 saturated carbocycles. The highest BCUT2D eigenvalue weighted by molar-refractivity contribution is 5.74. The monoisotopic (exact) mass is 240 g/mol. The molecule has 1 heterocycles. The second kappa shape index (κ2) is 5.83. The molecule has 0 aromatic rings. The van der Waals surface area contributed by atoms with Gasteiger partial charge >= 0.3 is 5.97 Å². The summed E-state index contributed by atoms with van der Waals surface area (Å²) in [5.74, 6) is 0.201. The second-order valence-corrected chi connectivity index (χ2v) is 5.38. The summed E-state index contributed by atoms with van der Waals surface area (Å²) in [7, 11) is 0. The Labute approximate surface area is 103 Å². The van der Waals surface area contributed by atoms with E-state index < -0.39 is 5.97 Å². The van der Waals surface area contributed by atoms with Gasteiger partial charge in [-0.1, -0.05) is 13.3 Å². The zero-order chi connectivity index (χ0) is 12.3. The number of carboxylic acids is 1. The van der Waals surface area contributed by atoms with E-state index in [0.29, 0.717) is 12.6 Å². The van der Waals surface area contributed by atoms with E-state index in [1.54, 1.807) is 0 Å². The number of nitrogens with one attached hydrogen (secondary N) is 1. The summed E-state index contributed by atoms with van der Waals surface area (Å²) in [6, 6.07) is 0.188. The van der Waals surface area contributed by atoms with E-state index in [1.165, 1.54) is 32.1 Å². The molecule has 1 aliphatic carbocycles. The Balaban J connectivity index is 1.93. The molecule has 0 bridgehead atoms. The van der Waals surface area contributed by atoms with Crippen LogP contribution < -0.4 is 5.32 Å². The van der Waals surface area contributed by atoms with Gasteiger partial charge < -0.3 is 10.4 Å². The van der Waals surface area contributed by atoms with E-state index >= 15 is 0 Å². The summed E-state index contributed by atoms with van der Waals surface area (Å²) in [4.78, 5) is 13.5. The van der Waals surface area contributed by atoms with Crippen LogP contribution in [0.5, 0.6) is 0 Å². The largest absolute Gasteiger partial charge is 0.480 e. The first-order valence-corrected chi connectivity index (χ1v) is 6.91. The molecule has 1 atom stereocenters. The molecule has 0 radical (unpaired) electrons. The van der Waals surface area contributed by atoms with Gasteiger partial charge in [0, 0.05) is 25.7 Å². The number of hydrogen-bond acceptors (Lipinski definition) is 3. The van der Waals surface area contributed by atoms with Gasteiger partial charge in [-0.25, -0.2) is 0 Å². The fraction of sp³-hybridized carbons (Fsp3) is 0.923. The third-order valence-electron chi connectivity index (χ3n) is 4.43. The highest BCUT2D eigenvalue weighted by atomic mass is 16.4. The van der Waals surface area contributed by atoms with Crippen LogP contribution in [0.4, 0.5) is 0 Å². The molecular weight excluding hydrogens is 216 g/mol. The smallest absolute Gasteiger partial charge is 0.322 e. The lowest BCUT2D eigenvalue weighted by Crippen LogP contribution is -2.58. The number of piperazine rings is 1. The zero-order valence-corrected chi connectivity index (χ0v) is 10.7. The lowest BCUT2D eigenvalue weighted by molar-refractivity contribution is -0.145. The van der Waals surface area contributed by atoms with Crippen LogP contribution in [0.15, 0.2) is 0 Å². The van der Waals surface area contributed by atoms with E-state index in [4.69, 9.17) is 0 Å². The van der Waals surface area contributed by atoms with E-state index in [-0.39, 0.29) is 6.04 Å². The molecule has 0 spiro atoms. The Morgan fingerprint density at radius 3 is 2.65 bits per heavy atom. The Bertz CT molecular complexity index is 262. The Hall–Kier alpha value is -0.610. The minimum absolute atomic E-state index is 0.313. The van der Waals surface area contributed by atoms with Crippen LogP contribution in [-0.2, 0) is 4.79 Å². The molecule has 4 nitrogen and oxygen atoms in total. The van der Waals surface area contributed by atoms with Crippen LogP contribution in [0.1, 0.15) is 39.0 Å². The minimum atomic E-state index is -0.671. The quantitative estimate of drug-likeness (QED) is 0.781. The van der Waals surface area contributed by atoms with Crippen molar-refractivity contribution in [3.63, 3.8) is 0 Å². The summed E-state index contributed by atoms with van der Waals surface area (Å²) in [6.07, 6.45) is 6.19. The molecule has 17 heavy (non-hydrogen) atoms. The van der Waals surface area contributed by atoms with Gasteiger partial charge in [0.2, 0.25) is 0 Å². The van der Waals surface area contributed by atoms with Crippen molar-refractivity contribution in [2.45, 2.75) is 51.1 Å². The fourth-order valence-electron chi connectivity index (χ4n) is 3.27. The van der Waals surface area contributed by atoms with Gasteiger partial charge in [0.1, 0.15) is 6.04 Å². The van der Waals surface area contributed by atoms with Crippen molar-refractivity contribution < 1.29 is 9.90 Å². The maximum Gasteiger partial charge on any atom is 0.322 e. The van der Waals surface area contributed by atoms with Crippen LogP contribution in [0, 0.1) is 5.92 Å². The average Bonchev–Trinajstić information content (AvgIpc) is 2.39. The Kier molecular flexibility index (Phi) is 4.40. The molecule has 2 rings (SSSR count). The van der Waals surface area contributed by atoms with Gasteiger partial charge in [0.05, 0.1) is 0 Å². The van der Waals surface area contributed by atoms with Gasteiger partial charge in [0.15, 0.2) is 0 Å². The molecule has 98 valence electrons. The van der Waals surface area contributed by atoms with Crippen LogP contribution in [0.25, 0.3) is 0 Å². The van der Waals surface area contributed by atoms with E-state index in [0.717, 1.165) is 19.0 Å². The fourth-order valence-corrected chi connectivity index (χ4v) is 3.27. The second-order valence-electron chi connectivity index (χ2n) is 5.38. The Morgan fingerprint density at radius 1 is 1.35 bits per heavy atom. The van der Waals surface area contributed by atoms with Gasteiger partial charge in [0.25, 0.3) is 0 Å². The molecule has 1 aliphatic heterocycles. The summed E-state index contributed by atoms with van der Waals surface area (Å²) in [5, 5.41) is 12.4. The molecule has 0 aromatic heterocycles. The molecule has 2 aliphatic rings. The van der Waals surface area contributed by atoms with Gasteiger partial charge in [-0.2, -0.15) is 0 Å². The molecule has 1 saturated heterocycles. The van der Waals surface area contributed by atoms with Crippen molar-refractivity contribution in [2.24, 2.45) is 5.92 Å². The maximum absolute atomic E-state index is 11.2. The van der Waals surface area contributed by atoms with Crippen LogP contribution in [-0.4, -0.2) is 47.7 Å². The molecule has 2 N–H and O–H groups in total. The van der Waals surface area contributed by atoms with E-state index in [9.17, 15) is 9.90 Å². The maximum atomic E-state index is 11.2. The van der Waals surface area contributed by atoms with Crippen molar-refractivity contribution in [3.05, 3.63) is 0 Å². The van der Waals surface area contributed by atoms with E-state index in [2.05, 4.69) is 17.1 Å². The van der Waals surface area contributed by atoms with Crippen molar-refractivity contribution in [2.75, 3.05) is 19.6 Å². The first-order valence-electron chi connectivity index (χ1n) is 6.91. The van der Waals surface area contributed by atoms with Crippen LogP contribution in [0.2, 0.25) is 0 Å². The number of hydrogen-bond donors (Lipinski definition) is 2. The molecule has 2 fully saturated rings. The van der Waals surface area contributed by atoms with Crippen molar-refractivity contribution in [1.82, 2.24) is 10.2 Å². The number of aliphatic carboxylic acids is 1. The molecule has 0 aromatic carbocycles.